The third kappa shape index (κ3) is 2.30. The van der Waals surface area contributed by atoms with Crippen LogP contribution in [0, 0.1) is 0 Å². The van der Waals surface area contributed by atoms with Crippen LogP contribution in [0.5, 0.6) is 11.5 Å². The molecule has 7 nitrogen and oxygen atoms in total. The molecule has 5 aromatic rings. The zero-order valence-electron chi connectivity index (χ0n) is 13.9. The maximum absolute atomic E-state index is 6.04. The van der Waals surface area contributed by atoms with Crippen molar-refractivity contribution >= 4 is 27.3 Å². The average Bonchev–Trinajstić information content (AvgIpc) is 3.40. The van der Waals surface area contributed by atoms with Gasteiger partial charge in [0.2, 0.25) is 4.96 Å². The van der Waals surface area contributed by atoms with E-state index in [-0.39, 0.29) is 6.10 Å². The number of ether oxygens (including phenoxy) is 2. The normalized spacial score (nSPS) is 16.2. The molecule has 0 aliphatic carbocycles. The molecule has 132 valence electrons. The number of para-hydroxylation sites is 3. The molecule has 0 N–H and O–H groups in total. The van der Waals surface area contributed by atoms with Gasteiger partial charge < -0.3 is 13.9 Å². The SMILES string of the molecule is c1ccc2c(c1)OC[C@H](c1nnc3sc(-c4cc5ccccc5o4)nn13)O2. The van der Waals surface area contributed by atoms with E-state index in [9.17, 15) is 0 Å². The van der Waals surface area contributed by atoms with Crippen LogP contribution in [-0.4, -0.2) is 26.4 Å². The topological polar surface area (TPSA) is 74.7 Å². The molecule has 0 amide bonds. The number of fused-ring (bicyclic) bond motifs is 3. The Morgan fingerprint density at radius 2 is 1.85 bits per heavy atom. The highest BCUT2D eigenvalue weighted by Gasteiger charge is 2.28. The minimum Gasteiger partial charge on any atom is -0.485 e. The van der Waals surface area contributed by atoms with E-state index in [1.54, 1.807) is 4.52 Å². The second-order valence-electron chi connectivity index (χ2n) is 6.17. The van der Waals surface area contributed by atoms with Crippen molar-refractivity contribution in [2.24, 2.45) is 0 Å². The molecule has 0 unspecified atom stereocenters. The van der Waals surface area contributed by atoms with E-state index in [4.69, 9.17) is 13.9 Å². The van der Waals surface area contributed by atoms with E-state index in [0.717, 1.165) is 21.7 Å². The molecule has 0 bridgehead atoms. The first-order chi connectivity index (χ1) is 13.3. The summed E-state index contributed by atoms with van der Waals surface area (Å²) in [5, 5.41) is 14.9. The van der Waals surface area contributed by atoms with E-state index in [1.165, 1.54) is 11.3 Å². The highest BCUT2D eigenvalue weighted by atomic mass is 32.1. The smallest absolute Gasteiger partial charge is 0.235 e. The van der Waals surface area contributed by atoms with Crippen LogP contribution in [0.3, 0.4) is 0 Å². The maximum atomic E-state index is 6.04. The summed E-state index contributed by atoms with van der Waals surface area (Å²) in [5.74, 6) is 2.75. The summed E-state index contributed by atoms with van der Waals surface area (Å²) in [7, 11) is 0. The zero-order chi connectivity index (χ0) is 17.8. The molecule has 1 aliphatic heterocycles. The minimum atomic E-state index is -0.375. The van der Waals surface area contributed by atoms with Crippen molar-refractivity contribution in [1.82, 2.24) is 19.8 Å². The lowest BCUT2D eigenvalue weighted by molar-refractivity contribution is 0.0836. The molecule has 0 saturated carbocycles. The van der Waals surface area contributed by atoms with Crippen LogP contribution in [-0.2, 0) is 0 Å². The molecule has 0 fully saturated rings. The molecule has 8 heteroatoms. The van der Waals surface area contributed by atoms with Gasteiger partial charge in [-0.3, -0.25) is 0 Å². The lowest BCUT2D eigenvalue weighted by atomic mass is 10.2. The summed E-state index contributed by atoms with van der Waals surface area (Å²) < 4.78 is 19.5. The number of hydrogen-bond donors (Lipinski definition) is 0. The summed E-state index contributed by atoms with van der Waals surface area (Å²) in [4.78, 5) is 0.683. The molecule has 0 saturated heterocycles. The van der Waals surface area contributed by atoms with Crippen molar-refractivity contribution in [3.8, 4) is 22.3 Å². The Balaban J connectivity index is 1.40. The Morgan fingerprint density at radius 1 is 1.00 bits per heavy atom. The lowest BCUT2D eigenvalue weighted by Gasteiger charge is -2.24. The predicted molar refractivity (Wildman–Crippen MR) is 99.2 cm³/mol. The highest BCUT2D eigenvalue weighted by Crippen LogP contribution is 2.36. The summed E-state index contributed by atoms with van der Waals surface area (Å²) >= 11 is 1.42. The van der Waals surface area contributed by atoms with Crippen LogP contribution in [0.1, 0.15) is 11.9 Å². The van der Waals surface area contributed by atoms with Crippen LogP contribution >= 0.6 is 11.3 Å². The van der Waals surface area contributed by atoms with Gasteiger partial charge in [0.1, 0.15) is 12.2 Å². The quantitative estimate of drug-likeness (QED) is 0.462. The van der Waals surface area contributed by atoms with E-state index in [0.29, 0.717) is 28.9 Å². The maximum Gasteiger partial charge on any atom is 0.235 e. The molecular formula is C19H12N4O3S. The third-order valence-corrected chi connectivity index (χ3v) is 5.36. The first kappa shape index (κ1) is 14.7. The van der Waals surface area contributed by atoms with Gasteiger partial charge in [-0.1, -0.05) is 41.7 Å². The van der Waals surface area contributed by atoms with Crippen molar-refractivity contribution in [3.63, 3.8) is 0 Å². The second kappa shape index (κ2) is 5.55. The molecule has 3 aromatic heterocycles. The summed E-state index contributed by atoms with van der Waals surface area (Å²) in [5.41, 5.74) is 0.833. The first-order valence-electron chi connectivity index (χ1n) is 8.45. The molecule has 27 heavy (non-hydrogen) atoms. The number of benzene rings is 2. The second-order valence-corrected chi connectivity index (χ2v) is 7.13. The van der Waals surface area contributed by atoms with Gasteiger partial charge >= 0.3 is 0 Å². The number of hydrogen-bond acceptors (Lipinski definition) is 7. The van der Waals surface area contributed by atoms with E-state index in [2.05, 4.69) is 15.3 Å². The van der Waals surface area contributed by atoms with Crippen LogP contribution < -0.4 is 9.47 Å². The molecule has 2 aromatic carbocycles. The molecule has 0 spiro atoms. The summed E-state index contributed by atoms with van der Waals surface area (Å²) in [6.07, 6.45) is -0.375. The van der Waals surface area contributed by atoms with Crippen molar-refractivity contribution in [2.45, 2.75) is 6.10 Å². The van der Waals surface area contributed by atoms with E-state index >= 15 is 0 Å². The van der Waals surface area contributed by atoms with Gasteiger partial charge in [-0.05, 0) is 24.3 Å². The van der Waals surface area contributed by atoms with Crippen molar-refractivity contribution in [1.29, 1.82) is 0 Å². The van der Waals surface area contributed by atoms with E-state index in [1.807, 2.05) is 54.6 Å². The van der Waals surface area contributed by atoms with Gasteiger partial charge in [0.05, 0.1) is 0 Å². The van der Waals surface area contributed by atoms with Crippen LogP contribution in [0.15, 0.2) is 59.0 Å². The largest absolute Gasteiger partial charge is 0.485 e. The number of rotatable bonds is 2. The third-order valence-electron chi connectivity index (χ3n) is 4.45. The molecular weight excluding hydrogens is 364 g/mol. The Morgan fingerprint density at radius 3 is 2.78 bits per heavy atom. The zero-order valence-corrected chi connectivity index (χ0v) is 14.7. The molecule has 4 heterocycles. The van der Waals surface area contributed by atoms with Crippen molar-refractivity contribution < 1.29 is 13.9 Å². The van der Waals surface area contributed by atoms with Gasteiger partial charge in [-0.25, -0.2) is 0 Å². The van der Waals surface area contributed by atoms with Gasteiger partial charge in [0, 0.05) is 5.39 Å². The molecule has 1 atom stereocenters. The fourth-order valence-electron chi connectivity index (χ4n) is 3.17. The Bertz CT molecular complexity index is 1260. The van der Waals surface area contributed by atoms with Gasteiger partial charge in [-0.2, -0.15) is 4.52 Å². The van der Waals surface area contributed by atoms with Crippen molar-refractivity contribution in [3.05, 3.63) is 60.4 Å². The number of nitrogens with zero attached hydrogens (tertiary/aromatic N) is 4. The predicted octanol–water partition coefficient (Wildman–Crippen LogP) is 4.11. The van der Waals surface area contributed by atoms with Crippen LogP contribution in [0.2, 0.25) is 0 Å². The van der Waals surface area contributed by atoms with Gasteiger partial charge in [0.25, 0.3) is 0 Å². The van der Waals surface area contributed by atoms with Crippen LogP contribution in [0.4, 0.5) is 0 Å². The van der Waals surface area contributed by atoms with Crippen molar-refractivity contribution in [2.75, 3.05) is 6.61 Å². The van der Waals surface area contributed by atoms with Gasteiger partial charge in [0.15, 0.2) is 34.2 Å². The fourth-order valence-corrected chi connectivity index (χ4v) is 3.97. The Hall–Kier alpha value is -3.39. The van der Waals surface area contributed by atoms with Crippen LogP contribution in [0.25, 0.3) is 26.7 Å². The number of aromatic nitrogens is 4. The Kier molecular flexibility index (Phi) is 3.03. The molecule has 0 radical (unpaired) electrons. The molecule has 1 aliphatic rings. The molecule has 6 rings (SSSR count). The minimum absolute atomic E-state index is 0.356. The first-order valence-corrected chi connectivity index (χ1v) is 9.26. The Labute approximate surface area is 156 Å². The summed E-state index contributed by atoms with van der Waals surface area (Å²) in [6, 6.07) is 17.4. The lowest BCUT2D eigenvalue weighted by Crippen LogP contribution is -2.23. The number of furan rings is 1. The average molecular weight is 376 g/mol. The fraction of sp³-hybridized carbons (Fsp3) is 0.105. The standard InChI is InChI=1S/C19H12N4O3S/c1-2-6-12-11(5-1)9-15(25-12)18-22-23-17(20-21-19(23)27-18)16-10-24-13-7-3-4-8-14(13)26-16/h1-9,16H,10H2/t16-/m1/s1. The van der Waals surface area contributed by atoms with Gasteiger partial charge in [-0.15, -0.1) is 15.3 Å². The monoisotopic (exact) mass is 376 g/mol. The van der Waals surface area contributed by atoms with E-state index < -0.39 is 0 Å². The summed E-state index contributed by atoms with van der Waals surface area (Å²) in [6.45, 7) is 0.356. The highest BCUT2D eigenvalue weighted by molar-refractivity contribution is 7.19.